The van der Waals surface area contributed by atoms with Gasteiger partial charge in [0.1, 0.15) is 0 Å². The number of carboxylic acid groups (broad SMARTS) is 1. The van der Waals surface area contributed by atoms with E-state index in [2.05, 4.69) is 5.32 Å². The van der Waals surface area contributed by atoms with Gasteiger partial charge in [-0.3, -0.25) is 14.7 Å². The molecule has 6 nitrogen and oxygen atoms in total. The Morgan fingerprint density at radius 3 is 1.85 bits per heavy atom. The normalized spacial score (nSPS) is 8.77. The number of rotatable bonds is 4. The van der Waals surface area contributed by atoms with Crippen LogP contribution in [0.5, 0.6) is 0 Å². The van der Waals surface area contributed by atoms with E-state index < -0.39 is 26.4 Å². The minimum atomic E-state index is -4.10. The molecule has 0 bridgehead atoms. The Bertz CT molecular complexity index is 172. The third kappa shape index (κ3) is 26.2. The van der Waals surface area contributed by atoms with Gasteiger partial charge >= 0.3 is 168 Å². The first kappa shape index (κ1) is 26.1. The molecular weight excluding hydrogens is 278 g/mol. The smallest absolute Gasteiger partial charge is 0.480 e. The summed E-state index contributed by atoms with van der Waals surface area (Å²) < 4.78 is 10.1. The van der Waals surface area contributed by atoms with Crippen molar-refractivity contribution in [2.45, 2.75) is 0 Å². The molecule has 0 atom stereocenters. The number of nitrogens with one attached hydrogen (secondary N) is 1. The summed E-state index contributed by atoms with van der Waals surface area (Å²) in [4.78, 5) is 26.1. The zero-order chi connectivity index (χ0) is 8.20. The van der Waals surface area contributed by atoms with Crippen molar-refractivity contribution in [3.05, 3.63) is 0 Å². The van der Waals surface area contributed by atoms with Gasteiger partial charge in [-0.05, 0) is 0 Å². The molecule has 0 saturated heterocycles. The topological polar surface area (TPSA) is 107 Å². The molecule has 0 saturated carbocycles. The molecule has 60 valence electrons. The van der Waals surface area contributed by atoms with Crippen molar-refractivity contribution in [2.24, 2.45) is 0 Å². The van der Waals surface area contributed by atoms with Crippen LogP contribution in [0.4, 0.5) is 0 Å². The molecule has 0 aliphatic heterocycles. The van der Waals surface area contributed by atoms with E-state index in [1.54, 1.807) is 0 Å². The number of carboxylic acids is 1. The predicted molar refractivity (Wildman–Crippen MR) is 32.5 cm³/mol. The van der Waals surface area contributed by atoms with Crippen molar-refractivity contribution in [1.82, 2.24) is 5.32 Å². The van der Waals surface area contributed by atoms with Crippen LogP contribution >= 0.6 is 7.60 Å². The molecular formula is C3H8K3NO5P+3. The van der Waals surface area contributed by atoms with Crippen molar-refractivity contribution in [1.29, 1.82) is 0 Å². The van der Waals surface area contributed by atoms with Gasteiger partial charge in [0.25, 0.3) is 0 Å². The zero-order valence-corrected chi connectivity index (χ0v) is 18.3. The molecule has 0 fully saturated rings. The molecule has 0 aromatic rings. The first-order valence-electron chi connectivity index (χ1n) is 2.39. The van der Waals surface area contributed by atoms with E-state index in [-0.39, 0.29) is 154 Å². The summed E-state index contributed by atoms with van der Waals surface area (Å²) in [6.45, 7) is -0.439. The minimum absolute atomic E-state index is 0. The fourth-order valence-corrected chi connectivity index (χ4v) is 0.712. The number of hydrogen-bond donors (Lipinski definition) is 4. The molecule has 4 N–H and O–H groups in total. The van der Waals surface area contributed by atoms with E-state index in [0.29, 0.717) is 0 Å². The van der Waals surface area contributed by atoms with E-state index in [9.17, 15) is 9.36 Å². The summed E-state index contributed by atoms with van der Waals surface area (Å²) >= 11 is 0. The third-order valence-electron chi connectivity index (χ3n) is 0.594. The Kier molecular flexibility index (Phi) is 29.2. The minimum Gasteiger partial charge on any atom is -0.480 e. The van der Waals surface area contributed by atoms with E-state index >= 15 is 0 Å². The summed E-state index contributed by atoms with van der Waals surface area (Å²) in [5, 5.41) is 10.1. The maximum absolute atomic E-state index is 10.1. The zero-order valence-electron chi connectivity index (χ0n) is 8.02. The van der Waals surface area contributed by atoms with Gasteiger partial charge in [-0.2, -0.15) is 0 Å². The molecule has 0 aromatic carbocycles. The Labute approximate surface area is 204 Å². The second kappa shape index (κ2) is 14.5. The van der Waals surface area contributed by atoms with Gasteiger partial charge in [0.05, 0.1) is 12.8 Å². The maximum atomic E-state index is 10.1. The van der Waals surface area contributed by atoms with E-state index in [1.165, 1.54) is 0 Å². The standard InChI is InChI=1S/C3H8NO5P.3K/c5-3(6)1-4-2-10(7,8)9;;;/h4H,1-2H2,(H,5,6)(H2,7,8,9);;;/q;3*+1. The summed E-state index contributed by atoms with van der Waals surface area (Å²) in [6.07, 6.45) is -0.598. The fraction of sp³-hybridized carbons (Fsp3) is 0.667. The molecule has 0 unspecified atom stereocenters. The summed E-state index contributed by atoms with van der Waals surface area (Å²) in [7, 11) is -4.10. The molecule has 0 rings (SSSR count). The second-order valence-corrected chi connectivity index (χ2v) is 3.29. The average molecular weight is 286 g/mol. The van der Waals surface area contributed by atoms with Gasteiger partial charge in [-0.1, -0.05) is 0 Å². The first-order chi connectivity index (χ1) is 4.42. The van der Waals surface area contributed by atoms with Crippen LogP contribution in [-0.2, 0) is 9.36 Å². The monoisotopic (exact) mass is 286 g/mol. The van der Waals surface area contributed by atoms with Crippen LogP contribution in [0, 0.1) is 0 Å². The van der Waals surface area contributed by atoms with Crippen LogP contribution in [-0.4, -0.2) is 33.7 Å². The molecule has 0 heterocycles. The number of aliphatic carboxylic acids is 1. The molecule has 0 spiro atoms. The predicted octanol–water partition coefficient (Wildman–Crippen LogP) is -10.2. The van der Waals surface area contributed by atoms with Crippen LogP contribution in [0.3, 0.4) is 0 Å². The molecule has 0 aliphatic rings. The van der Waals surface area contributed by atoms with Crippen molar-refractivity contribution in [3.63, 3.8) is 0 Å². The van der Waals surface area contributed by atoms with Gasteiger partial charge < -0.3 is 14.9 Å². The quantitative estimate of drug-likeness (QED) is 0.302. The Hall–Kier alpha value is 4.49. The number of carbonyl (C=O) groups is 1. The average Bonchev–Trinajstić information content (AvgIpc) is 1.59. The van der Waals surface area contributed by atoms with Crippen molar-refractivity contribution < 1.29 is 178 Å². The van der Waals surface area contributed by atoms with E-state index in [1.807, 2.05) is 0 Å². The van der Waals surface area contributed by atoms with E-state index in [4.69, 9.17) is 14.9 Å². The van der Waals surface area contributed by atoms with Crippen molar-refractivity contribution >= 4 is 13.6 Å². The molecule has 0 aliphatic carbocycles. The number of hydrogen-bond acceptors (Lipinski definition) is 3. The van der Waals surface area contributed by atoms with Crippen LogP contribution in [0.15, 0.2) is 0 Å². The SMILES string of the molecule is O=C(O)CNCP(=O)(O)O.[K+].[K+].[K+]. The van der Waals surface area contributed by atoms with Crippen LogP contribution in [0.25, 0.3) is 0 Å². The second-order valence-electron chi connectivity index (χ2n) is 1.64. The summed E-state index contributed by atoms with van der Waals surface area (Å²) in [5.41, 5.74) is 0. The van der Waals surface area contributed by atoms with Gasteiger partial charge in [-0.15, -0.1) is 0 Å². The maximum Gasteiger partial charge on any atom is 1.00 e. The van der Waals surface area contributed by atoms with Gasteiger partial charge in [0.2, 0.25) is 0 Å². The molecule has 0 radical (unpaired) electrons. The molecule has 0 aromatic heterocycles. The van der Waals surface area contributed by atoms with Gasteiger partial charge in [0, 0.05) is 0 Å². The first-order valence-corrected chi connectivity index (χ1v) is 4.18. The third-order valence-corrected chi connectivity index (χ3v) is 1.23. The fourth-order valence-electron chi connectivity index (χ4n) is 0.308. The van der Waals surface area contributed by atoms with Crippen molar-refractivity contribution in [3.8, 4) is 0 Å². The Morgan fingerprint density at radius 1 is 1.23 bits per heavy atom. The van der Waals surface area contributed by atoms with Crippen LogP contribution < -0.4 is 159 Å². The van der Waals surface area contributed by atoms with Crippen LogP contribution in [0.2, 0.25) is 0 Å². The Morgan fingerprint density at radius 2 is 1.62 bits per heavy atom. The molecule has 0 amide bonds. The largest absolute Gasteiger partial charge is 1.00 e. The van der Waals surface area contributed by atoms with Crippen LogP contribution in [0.1, 0.15) is 0 Å². The summed E-state index contributed by atoms with van der Waals surface area (Å²) in [6, 6.07) is 0. The summed E-state index contributed by atoms with van der Waals surface area (Å²) in [5.74, 6) is -1.14. The Balaban J connectivity index is -0.000000135. The van der Waals surface area contributed by atoms with Gasteiger partial charge in [0.15, 0.2) is 0 Å². The molecule has 13 heavy (non-hydrogen) atoms. The van der Waals surface area contributed by atoms with Gasteiger partial charge in [-0.25, -0.2) is 0 Å². The van der Waals surface area contributed by atoms with E-state index in [0.717, 1.165) is 0 Å². The van der Waals surface area contributed by atoms with Crippen molar-refractivity contribution in [2.75, 3.05) is 12.8 Å². The molecule has 10 heteroatoms.